The number of methoxy groups -OCH3 is 1. The monoisotopic (exact) mass is 376 g/mol. The Hall–Kier alpha value is -2.05. The largest absolute Gasteiger partial charge is 0.496 e. The summed E-state index contributed by atoms with van der Waals surface area (Å²) < 4.78 is 33.3. The van der Waals surface area contributed by atoms with Crippen LogP contribution in [0.1, 0.15) is 24.0 Å². The van der Waals surface area contributed by atoms with E-state index in [1.807, 2.05) is 0 Å². The van der Waals surface area contributed by atoms with Crippen molar-refractivity contribution in [1.82, 2.24) is 8.96 Å². The first-order valence-electron chi connectivity index (χ1n) is 8.10. The molecule has 5 nitrogen and oxygen atoms in total. The number of benzene rings is 1. The van der Waals surface area contributed by atoms with Gasteiger partial charge in [0.05, 0.1) is 17.0 Å². The maximum Gasteiger partial charge on any atom is 0.269 e. The molecule has 0 saturated carbocycles. The van der Waals surface area contributed by atoms with Crippen LogP contribution in [0, 0.1) is 0 Å². The van der Waals surface area contributed by atoms with E-state index in [2.05, 4.69) is 4.98 Å². The molecule has 7 heteroatoms. The minimum Gasteiger partial charge on any atom is -0.496 e. The van der Waals surface area contributed by atoms with Gasteiger partial charge in [-0.1, -0.05) is 11.6 Å². The molecule has 0 radical (unpaired) electrons. The van der Waals surface area contributed by atoms with Gasteiger partial charge in [-0.15, -0.1) is 0 Å². The normalized spacial score (nSPS) is 14.5. The predicted molar refractivity (Wildman–Crippen MR) is 97.0 cm³/mol. The Balaban J connectivity index is 1.97. The van der Waals surface area contributed by atoms with Gasteiger partial charge >= 0.3 is 0 Å². The SMILES string of the molecule is COc1ccc(S(=O)(=O)n2cc(Cl)c3cccnc32)c2c1CCCC2. The van der Waals surface area contributed by atoms with Gasteiger partial charge in [0, 0.05) is 17.8 Å². The zero-order valence-electron chi connectivity index (χ0n) is 13.7. The summed E-state index contributed by atoms with van der Waals surface area (Å²) in [5, 5.41) is 0.990. The Morgan fingerprint density at radius 3 is 2.68 bits per heavy atom. The van der Waals surface area contributed by atoms with Crippen molar-refractivity contribution in [2.24, 2.45) is 0 Å². The van der Waals surface area contributed by atoms with Crippen LogP contribution < -0.4 is 4.74 Å². The Bertz CT molecular complexity index is 1070. The second kappa shape index (κ2) is 6.04. The molecule has 0 spiro atoms. The van der Waals surface area contributed by atoms with Crippen LogP contribution >= 0.6 is 11.6 Å². The third-order valence-electron chi connectivity index (χ3n) is 4.69. The highest BCUT2D eigenvalue weighted by Gasteiger charge is 2.28. The van der Waals surface area contributed by atoms with Gasteiger partial charge in [0.15, 0.2) is 5.65 Å². The van der Waals surface area contributed by atoms with Crippen molar-refractivity contribution in [2.75, 3.05) is 7.11 Å². The van der Waals surface area contributed by atoms with Crippen molar-refractivity contribution < 1.29 is 13.2 Å². The highest BCUT2D eigenvalue weighted by molar-refractivity contribution is 7.90. The van der Waals surface area contributed by atoms with Crippen LogP contribution in [0.4, 0.5) is 0 Å². The van der Waals surface area contributed by atoms with E-state index < -0.39 is 10.0 Å². The van der Waals surface area contributed by atoms with Gasteiger partial charge in [-0.25, -0.2) is 17.4 Å². The molecule has 25 heavy (non-hydrogen) atoms. The van der Waals surface area contributed by atoms with Gasteiger partial charge in [0.2, 0.25) is 0 Å². The Labute approximate surface area is 151 Å². The van der Waals surface area contributed by atoms with Crippen molar-refractivity contribution in [3.63, 3.8) is 0 Å². The van der Waals surface area contributed by atoms with E-state index in [0.717, 1.165) is 42.6 Å². The molecule has 2 aromatic heterocycles. The molecule has 4 rings (SSSR count). The summed E-state index contributed by atoms with van der Waals surface area (Å²) in [5.41, 5.74) is 2.18. The molecule has 1 aliphatic rings. The number of hydrogen-bond acceptors (Lipinski definition) is 4. The Morgan fingerprint density at radius 2 is 1.92 bits per heavy atom. The van der Waals surface area contributed by atoms with Crippen LogP contribution in [0.25, 0.3) is 11.0 Å². The number of nitrogens with zero attached hydrogens (tertiary/aromatic N) is 2. The van der Waals surface area contributed by atoms with Crippen molar-refractivity contribution in [1.29, 1.82) is 0 Å². The fourth-order valence-corrected chi connectivity index (χ4v) is 5.43. The second-order valence-corrected chi connectivity index (χ2v) is 8.27. The van der Waals surface area contributed by atoms with E-state index in [0.29, 0.717) is 21.0 Å². The van der Waals surface area contributed by atoms with Crippen molar-refractivity contribution >= 4 is 32.7 Å². The highest BCUT2D eigenvalue weighted by Crippen LogP contribution is 2.36. The van der Waals surface area contributed by atoms with Crippen LogP contribution in [0.2, 0.25) is 5.02 Å². The van der Waals surface area contributed by atoms with E-state index in [1.165, 1.54) is 10.2 Å². The predicted octanol–water partition coefficient (Wildman–Crippen LogP) is 3.81. The minimum absolute atomic E-state index is 0.308. The molecule has 130 valence electrons. The van der Waals surface area contributed by atoms with Gasteiger partial charge in [0.25, 0.3) is 10.0 Å². The number of pyridine rings is 1. The number of rotatable bonds is 3. The third kappa shape index (κ3) is 2.51. The summed E-state index contributed by atoms with van der Waals surface area (Å²) in [4.78, 5) is 4.52. The molecule has 0 saturated heterocycles. The average molecular weight is 377 g/mol. The van der Waals surface area contributed by atoms with Gasteiger partial charge in [-0.05, 0) is 61.1 Å². The molecule has 0 N–H and O–H groups in total. The number of halogens is 1. The maximum absolute atomic E-state index is 13.4. The standard InChI is InChI=1S/C18H17ClN2O3S/c1-24-16-8-9-17(13-6-3-2-5-12(13)16)25(22,23)21-11-15(19)14-7-4-10-20-18(14)21/h4,7-11H,2-3,5-6H2,1H3. The molecule has 2 heterocycles. The highest BCUT2D eigenvalue weighted by atomic mass is 35.5. The Kier molecular flexibility index (Phi) is 3.96. The molecule has 0 unspecified atom stereocenters. The van der Waals surface area contributed by atoms with Crippen molar-refractivity contribution in [3.05, 3.63) is 52.8 Å². The summed E-state index contributed by atoms with van der Waals surface area (Å²) in [6.45, 7) is 0. The fraction of sp³-hybridized carbons (Fsp3) is 0.278. The quantitative estimate of drug-likeness (QED) is 0.697. The van der Waals surface area contributed by atoms with Crippen LogP contribution in [-0.4, -0.2) is 24.5 Å². The van der Waals surface area contributed by atoms with Gasteiger partial charge in [-0.3, -0.25) is 0 Å². The number of fused-ring (bicyclic) bond motifs is 2. The van der Waals surface area contributed by atoms with E-state index in [-0.39, 0.29) is 0 Å². The summed E-state index contributed by atoms with van der Waals surface area (Å²) in [6, 6.07) is 6.86. The van der Waals surface area contributed by atoms with E-state index in [1.54, 1.807) is 37.6 Å². The van der Waals surface area contributed by atoms with Gasteiger partial charge < -0.3 is 4.74 Å². The molecule has 3 aromatic rings. The number of aromatic nitrogens is 2. The molecular weight excluding hydrogens is 360 g/mol. The van der Waals surface area contributed by atoms with Crippen LogP contribution in [-0.2, 0) is 22.9 Å². The first-order chi connectivity index (χ1) is 12.0. The molecule has 0 atom stereocenters. The lowest BCUT2D eigenvalue weighted by Gasteiger charge is -2.22. The summed E-state index contributed by atoms with van der Waals surface area (Å²) in [5.74, 6) is 0.752. The van der Waals surface area contributed by atoms with E-state index in [4.69, 9.17) is 16.3 Å². The molecule has 0 fully saturated rings. The average Bonchev–Trinajstić information content (AvgIpc) is 2.98. The van der Waals surface area contributed by atoms with Crippen molar-refractivity contribution in [3.8, 4) is 5.75 Å². The smallest absolute Gasteiger partial charge is 0.269 e. The lowest BCUT2D eigenvalue weighted by Crippen LogP contribution is -2.17. The second-order valence-electron chi connectivity index (χ2n) is 6.08. The topological polar surface area (TPSA) is 61.2 Å². The van der Waals surface area contributed by atoms with E-state index in [9.17, 15) is 8.42 Å². The van der Waals surface area contributed by atoms with Crippen LogP contribution in [0.3, 0.4) is 0 Å². The Morgan fingerprint density at radius 1 is 1.16 bits per heavy atom. The first-order valence-corrected chi connectivity index (χ1v) is 9.91. The lowest BCUT2D eigenvalue weighted by atomic mass is 9.91. The zero-order valence-corrected chi connectivity index (χ0v) is 15.3. The molecule has 0 aliphatic heterocycles. The summed E-state index contributed by atoms with van der Waals surface area (Å²) in [7, 11) is -2.18. The van der Waals surface area contributed by atoms with Crippen molar-refractivity contribution in [2.45, 2.75) is 30.6 Å². The molecule has 1 aromatic carbocycles. The summed E-state index contributed by atoms with van der Waals surface area (Å²) in [6.07, 6.45) is 6.54. The molecule has 0 bridgehead atoms. The number of ether oxygens (including phenoxy) is 1. The van der Waals surface area contributed by atoms with Gasteiger partial charge in [0.1, 0.15) is 5.75 Å². The molecular formula is C18H17ClN2O3S. The zero-order chi connectivity index (χ0) is 17.6. The fourth-order valence-electron chi connectivity index (χ4n) is 3.52. The third-order valence-corrected chi connectivity index (χ3v) is 6.72. The minimum atomic E-state index is -3.80. The summed E-state index contributed by atoms with van der Waals surface area (Å²) >= 11 is 6.22. The van der Waals surface area contributed by atoms with Crippen LogP contribution in [0.5, 0.6) is 5.75 Å². The molecule has 1 aliphatic carbocycles. The first kappa shape index (κ1) is 16.4. The maximum atomic E-state index is 13.4. The van der Waals surface area contributed by atoms with Crippen LogP contribution in [0.15, 0.2) is 41.6 Å². The van der Waals surface area contributed by atoms with E-state index >= 15 is 0 Å². The molecule has 0 amide bonds. The number of hydrogen-bond donors (Lipinski definition) is 0. The lowest BCUT2D eigenvalue weighted by molar-refractivity contribution is 0.405. The van der Waals surface area contributed by atoms with Gasteiger partial charge in [-0.2, -0.15) is 0 Å².